The van der Waals surface area contributed by atoms with Crippen LogP contribution >= 0.6 is 0 Å². The molecule has 0 saturated carbocycles. The summed E-state index contributed by atoms with van der Waals surface area (Å²) in [6, 6.07) is 2.63. The van der Waals surface area contributed by atoms with E-state index in [9.17, 15) is 14.0 Å². The van der Waals surface area contributed by atoms with E-state index in [1.807, 2.05) is 0 Å². The summed E-state index contributed by atoms with van der Waals surface area (Å²) < 4.78 is 18.2. The molecule has 0 unspecified atom stereocenters. The Bertz CT molecular complexity index is 447. The molecule has 1 amide bonds. The van der Waals surface area contributed by atoms with Gasteiger partial charge in [-0.2, -0.15) is 0 Å². The highest BCUT2D eigenvalue weighted by molar-refractivity contribution is 5.96. The van der Waals surface area contributed by atoms with Crippen molar-refractivity contribution in [3.05, 3.63) is 29.6 Å². The second-order valence-electron chi connectivity index (χ2n) is 3.38. The molecule has 0 heterocycles. The molecule has 6 heteroatoms. The van der Waals surface area contributed by atoms with Crippen LogP contribution in [0, 0.1) is 5.82 Å². The molecular formula is C11H12FNO4. The highest BCUT2D eigenvalue weighted by Gasteiger charge is 2.18. The van der Waals surface area contributed by atoms with E-state index >= 15 is 0 Å². The first-order chi connectivity index (χ1) is 7.95. The van der Waals surface area contributed by atoms with Crippen LogP contribution in [0.5, 0.6) is 5.75 Å². The normalized spacial score (nSPS) is 11.7. The molecule has 1 atom stereocenters. The molecule has 17 heavy (non-hydrogen) atoms. The summed E-state index contributed by atoms with van der Waals surface area (Å²) in [4.78, 5) is 22.0. The van der Waals surface area contributed by atoms with E-state index in [1.165, 1.54) is 26.2 Å². The standard InChI is InChI=1S/C11H12FNO4/c1-6(11(15)16)13-10(14)8-4-3-7(17-2)5-9(8)12/h3-6H,1-2H3,(H,13,14)(H,15,16)/t6-/m0/s1. The first-order valence-corrected chi connectivity index (χ1v) is 4.83. The molecule has 0 aliphatic heterocycles. The molecule has 1 aromatic rings. The number of halogens is 1. The van der Waals surface area contributed by atoms with Gasteiger partial charge in [0.05, 0.1) is 12.7 Å². The van der Waals surface area contributed by atoms with Crippen LogP contribution in [0.2, 0.25) is 0 Å². The summed E-state index contributed by atoms with van der Waals surface area (Å²) >= 11 is 0. The van der Waals surface area contributed by atoms with Crippen LogP contribution in [0.25, 0.3) is 0 Å². The minimum Gasteiger partial charge on any atom is -0.497 e. The van der Waals surface area contributed by atoms with Gasteiger partial charge in [-0.15, -0.1) is 0 Å². The van der Waals surface area contributed by atoms with Gasteiger partial charge >= 0.3 is 5.97 Å². The Kier molecular flexibility index (Phi) is 4.03. The Morgan fingerprint density at radius 2 is 2.12 bits per heavy atom. The van der Waals surface area contributed by atoms with Crippen molar-refractivity contribution in [1.29, 1.82) is 0 Å². The van der Waals surface area contributed by atoms with E-state index in [4.69, 9.17) is 9.84 Å². The molecule has 1 rings (SSSR count). The number of ether oxygens (including phenoxy) is 1. The van der Waals surface area contributed by atoms with Crippen molar-refractivity contribution >= 4 is 11.9 Å². The predicted molar refractivity (Wildman–Crippen MR) is 57.5 cm³/mol. The molecule has 0 fully saturated rings. The van der Waals surface area contributed by atoms with Crippen molar-refractivity contribution in [1.82, 2.24) is 5.32 Å². The fourth-order valence-electron chi connectivity index (χ4n) is 1.14. The Morgan fingerprint density at radius 1 is 1.47 bits per heavy atom. The molecule has 0 aliphatic rings. The third kappa shape index (κ3) is 3.17. The van der Waals surface area contributed by atoms with E-state index in [0.717, 1.165) is 6.07 Å². The monoisotopic (exact) mass is 241 g/mol. The molecule has 0 bridgehead atoms. The zero-order valence-electron chi connectivity index (χ0n) is 9.36. The van der Waals surface area contributed by atoms with Crippen LogP contribution in [0.4, 0.5) is 4.39 Å². The smallest absolute Gasteiger partial charge is 0.325 e. The maximum atomic E-state index is 13.5. The highest BCUT2D eigenvalue weighted by atomic mass is 19.1. The summed E-state index contributed by atoms with van der Waals surface area (Å²) in [5.41, 5.74) is -0.223. The van der Waals surface area contributed by atoms with E-state index in [1.54, 1.807) is 0 Å². The van der Waals surface area contributed by atoms with Gasteiger partial charge in [0.25, 0.3) is 5.91 Å². The molecule has 1 aromatic carbocycles. The van der Waals surface area contributed by atoms with Crippen molar-refractivity contribution in [3.63, 3.8) is 0 Å². The number of hydrogen-bond donors (Lipinski definition) is 2. The minimum absolute atomic E-state index is 0.223. The number of carboxylic acids is 1. The zero-order valence-corrected chi connectivity index (χ0v) is 9.36. The number of carbonyl (C=O) groups excluding carboxylic acids is 1. The largest absolute Gasteiger partial charge is 0.497 e. The van der Waals surface area contributed by atoms with Crippen LogP contribution < -0.4 is 10.1 Å². The highest BCUT2D eigenvalue weighted by Crippen LogP contribution is 2.16. The van der Waals surface area contributed by atoms with E-state index < -0.39 is 23.7 Å². The van der Waals surface area contributed by atoms with Gasteiger partial charge in [0.15, 0.2) is 0 Å². The molecule has 5 nitrogen and oxygen atoms in total. The third-order valence-electron chi connectivity index (χ3n) is 2.14. The fourth-order valence-corrected chi connectivity index (χ4v) is 1.14. The van der Waals surface area contributed by atoms with Crippen LogP contribution in [0.1, 0.15) is 17.3 Å². The van der Waals surface area contributed by atoms with Gasteiger partial charge in [-0.1, -0.05) is 0 Å². The lowest BCUT2D eigenvalue weighted by Crippen LogP contribution is -2.38. The summed E-state index contributed by atoms with van der Waals surface area (Å²) in [5.74, 6) is -2.45. The molecule has 2 N–H and O–H groups in total. The maximum absolute atomic E-state index is 13.5. The summed E-state index contributed by atoms with van der Waals surface area (Å²) in [6.07, 6.45) is 0. The van der Waals surface area contributed by atoms with E-state index in [0.29, 0.717) is 0 Å². The lowest BCUT2D eigenvalue weighted by atomic mass is 10.1. The SMILES string of the molecule is COc1ccc(C(=O)N[C@@H](C)C(=O)O)c(F)c1. The second-order valence-corrected chi connectivity index (χ2v) is 3.38. The molecule has 0 spiro atoms. The minimum atomic E-state index is -1.19. The molecule has 0 aliphatic carbocycles. The average molecular weight is 241 g/mol. The number of methoxy groups -OCH3 is 1. The lowest BCUT2D eigenvalue weighted by Gasteiger charge is -2.10. The third-order valence-corrected chi connectivity index (χ3v) is 2.14. The number of hydrogen-bond acceptors (Lipinski definition) is 3. The topological polar surface area (TPSA) is 75.6 Å². The number of aliphatic carboxylic acids is 1. The van der Waals surface area contributed by atoms with Gasteiger partial charge in [0, 0.05) is 6.07 Å². The first-order valence-electron chi connectivity index (χ1n) is 4.83. The number of carboxylic acid groups (broad SMARTS) is 1. The quantitative estimate of drug-likeness (QED) is 0.825. The molecule has 0 saturated heterocycles. The number of nitrogens with one attached hydrogen (secondary N) is 1. The van der Waals surface area contributed by atoms with Crippen molar-refractivity contribution in [2.45, 2.75) is 13.0 Å². The summed E-state index contributed by atoms with van der Waals surface area (Å²) in [6.45, 7) is 1.29. The number of rotatable bonds is 4. The van der Waals surface area contributed by atoms with Gasteiger partial charge in [-0.3, -0.25) is 9.59 Å². The zero-order chi connectivity index (χ0) is 13.0. The van der Waals surface area contributed by atoms with Gasteiger partial charge in [0.2, 0.25) is 0 Å². The van der Waals surface area contributed by atoms with Gasteiger partial charge in [-0.05, 0) is 19.1 Å². The number of amides is 1. The van der Waals surface area contributed by atoms with Crippen molar-refractivity contribution in [2.75, 3.05) is 7.11 Å². The van der Waals surface area contributed by atoms with Crippen LogP contribution in [0.15, 0.2) is 18.2 Å². The molecule has 92 valence electrons. The lowest BCUT2D eigenvalue weighted by molar-refractivity contribution is -0.138. The number of carbonyl (C=O) groups is 2. The summed E-state index contributed by atoms with van der Waals surface area (Å²) in [7, 11) is 1.38. The van der Waals surface area contributed by atoms with E-state index in [2.05, 4.69) is 5.32 Å². The molecule has 0 radical (unpaired) electrons. The number of benzene rings is 1. The van der Waals surface area contributed by atoms with Gasteiger partial charge < -0.3 is 15.2 Å². The Hall–Kier alpha value is -2.11. The van der Waals surface area contributed by atoms with E-state index in [-0.39, 0.29) is 11.3 Å². The van der Waals surface area contributed by atoms with Gasteiger partial charge in [-0.25, -0.2) is 4.39 Å². The second kappa shape index (κ2) is 5.29. The Labute approximate surface area is 97.2 Å². The maximum Gasteiger partial charge on any atom is 0.325 e. The average Bonchev–Trinajstić information content (AvgIpc) is 2.28. The predicted octanol–water partition coefficient (Wildman–Crippen LogP) is 1.04. The summed E-state index contributed by atoms with van der Waals surface area (Å²) in [5, 5.41) is 10.8. The van der Waals surface area contributed by atoms with Crippen LogP contribution in [-0.2, 0) is 4.79 Å². The van der Waals surface area contributed by atoms with Gasteiger partial charge in [0.1, 0.15) is 17.6 Å². The van der Waals surface area contributed by atoms with Crippen LogP contribution in [-0.4, -0.2) is 30.1 Å². The molecule has 0 aromatic heterocycles. The molecular weight excluding hydrogens is 229 g/mol. The van der Waals surface area contributed by atoms with Crippen molar-refractivity contribution in [2.24, 2.45) is 0 Å². The van der Waals surface area contributed by atoms with Crippen LogP contribution in [0.3, 0.4) is 0 Å². The Balaban J connectivity index is 2.86. The fraction of sp³-hybridized carbons (Fsp3) is 0.273. The van der Waals surface area contributed by atoms with Crippen molar-refractivity contribution < 1.29 is 23.8 Å². The first kappa shape index (κ1) is 13.0. The van der Waals surface area contributed by atoms with Crippen molar-refractivity contribution in [3.8, 4) is 5.75 Å². The Morgan fingerprint density at radius 3 is 2.59 bits per heavy atom.